The lowest BCUT2D eigenvalue weighted by Crippen LogP contribution is -2.35. The van der Waals surface area contributed by atoms with Crippen LogP contribution in [0.5, 0.6) is 0 Å². The van der Waals surface area contributed by atoms with E-state index in [4.69, 9.17) is 5.41 Å². The summed E-state index contributed by atoms with van der Waals surface area (Å²) in [5.74, 6) is -5.62. The predicted octanol–water partition coefficient (Wildman–Crippen LogP) is 3.18. The summed E-state index contributed by atoms with van der Waals surface area (Å²) >= 11 is 2.89. The monoisotopic (exact) mass is 374 g/mol. The average Bonchev–Trinajstić information content (AvgIpc) is 2.71. The zero-order valence-corrected chi connectivity index (χ0v) is 11.9. The van der Waals surface area contributed by atoms with Crippen LogP contribution in [-0.4, -0.2) is 28.5 Å². The molecule has 1 heterocycles. The molecule has 2 N–H and O–H groups in total. The highest BCUT2D eigenvalue weighted by atomic mass is 79.9. The summed E-state index contributed by atoms with van der Waals surface area (Å²) in [6, 6.07) is 0. The SMILES string of the molecule is Cn1nc(C(F)(F)C(F)(F)F)c(C=O)c1N/C=C(/Br)C=N. The van der Waals surface area contributed by atoms with Crippen molar-refractivity contribution in [1.29, 1.82) is 5.41 Å². The van der Waals surface area contributed by atoms with E-state index in [9.17, 15) is 26.7 Å². The van der Waals surface area contributed by atoms with Gasteiger partial charge in [-0.3, -0.25) is 9.48 Å². The summed E-state index contributed by atoms with van der Waals surface area (Å²) in [5.41, 5.74) is -2.60. The quantitative estimate of drug-likeness (QED) is 0.472. The molecule has 0 saturated heterocycles. The maximum Gasteiger partial charge on any atom is 0.459 e. The van der Waals surface area contributed by atoms with E-state index in [1.165, 1.54) is 0 Å². The zero-order valence-electron chi connectivity index (χ0n) is 10.3. The number of aldehydes is 1. The van der Waals surface area contributed by atoms with Crippen LogP contribution in [-0.2, 0) is 13.0 Å². The third-order valence-electron chi connectivity index (χ3n) is 2.34. The Morgan fingerprint density at radius 3 is 2.38 bits per heavy atom. The molecule has 0 fully saturated rings. The normalized spacial score (nSPS) is 13.2. The minimum atomic E-state index is -5.87. The summed E-state index contributed by atoms with van der Waals surface area (Å²) in [7, 11) is 1.09. The number of carbonyl (C=O) groups is 1. The van der Waals surface area contributed by atoms with Gasteiger partial charge in [0.15, 0.2) is 12.0 Å². The smallest absolute Gasteiger partial charge is 0.345 e. The first kappa shape index (κ1) is 17.3. The first-order valence-corrected chi connectivity index (χ1v) is 5.95. The molecular formula is C10H8BrF5N4O. The fourth-order valence-corrected chi connectivity index (χ4v) is 1.48. The van der Waals surface area contributed by atoms with E-state index in [1.54, 1.807) is 0 Å². The Morgan fingerprint density at radius 2 is 1.95 bits per heavy atom. The number of nitrogens with one attached hydrogen (secondary N) is 2. The van der Waals surface area contributed by atoms with Gasteiger partial charge in [0.1, 0.15) is 5.82 Å². The number of aromatic nitrogens is 2. The molecule has 11 heteroatoms. The molecule has 1 aromatic heterocycles. The minimum absolute atomic E-state index is 0.142. The number of hydrogen-bond donors (Lipinski definition) is 2. The number of nitrogens with zero attached hydrogens (tertiary/aromatic N) is 2. The van der Waals surface area contributed by atoms with Crippen molar-refractivity contribution >= 4 is 34.2 Å². The molecule has 21 heavy (non-hydrogen) atoms. The predicted molar refractivity (Wildman–Crippen MR) is 68.0 cm³/mol. The number of halogens is 6. The van der Waals surface area contributed by atoms with Gasteiger partial charge < -0.3 is 10.7 Å². The van der Waals surface area contributed by atoms with Gasteiger partial charge in [-0.05, 0) is 15.9 Å². The van der Waals surface area contributed by atoms with Gasteiger partial charge in [0.2, 0.25) is 0 Å². The van der Waals surface area contributed by atoms with Crippen LogP contribution in [0.2, 0.25) is 0 Å². The van der Waals surface area contributed by atoms with E-state index >= 15 is 0 Å². The second kappa shape index (κ2) is 5.92. The van der Waals surface area contributed by atoms with Crippen molar-refractivity contribution in [3.05, 3.63) is 21.9 Å². The molecule has 5 nitrogen and oxygen atoms in total. The van der Waals surface area contributed by atoms with Crippen molar-refractivity contribution in [1.82, 2.24) is 9.78 Å². The molecule has 0 amide bonds. The van der Waals surface area contributed by atoms with Crippen LogP contribution in [0.1, 0.15) is 16.1 Å². The molecular weight excluding hydrogens is 367 g/mol. The van der Waals surface area contributed by atoms with Gasteiger partial charge in [-0.25, -0.2) is 0 Å². The second-order valence-corrected chi connectivity index (χ2v) is 4.66. The molecule has 0 radical (unpaired) electrons. The Morgan fingerprint density at radius 1 is 1.38 bits per heavy atom. The fourth-order valence-electron chi connectivity index (χ4n) is 1.37. The third-order valence-corrected chi connectivity index (χ3v) is 2.80. The number of hydrogen-bond acceptors (Lipinski definition) is 4. The average molecular weight is 375 g/mol. The first-order chi connectivity index (χ1) is 9.56. The molecule has 0 unspecified atom stereocenters. The topological polar surface area (TPSA) is 70.8 Å². The number of aryl methyl sites for hydroxylation is 1. The van der Waals surface area contributed by atoms with Crippen LogP contribution in [0.4, 0.5) is 27.8 Å². The Hall–Kier alpha value is -1.78. The molecule has 0 saturated carbocycles. The second-order valence-electron chi connectivity index (χ2n) is 3.74. The lowest BCUT2D eigenvalue weighted by atomic mass is 10.1. The van der Waals surface area contributed by atoms with Gasteiger partial charge in [-0.2, -0.15) is 27.1 Å². The van der Waals surface area contributed by atoms with Crippen molar-refractivity contribution < 1.29 is 26.7 Å². The summed E-state index contributed by atoms with van der Waals surface area (Å²) in [6.07, 6.45) is -4.08. The molecule has 0 aliphatic heterocycles. The van der Waals surface area contributed by atoms with Crippen LogP contribution in [0.25, 0.3) is 0 Å². The minimum Gasteiger partial charge on any atom is -0.345 e. The van der Waals surface area contributed by atoms with E-state index in [0.717, 1.165) is 19.5 Å². The summed E-state index contributed by atoms with van der Waals surface area (Å²) in [6.45, 7) is 0. The molecule has 1 aromatic rings. The number of rotatable bonds is 5. The van der Waals surface area contributed by atoms with E-state index < -0.39 is 23.4 Å². The molecule has 0 aliphatic carbocycles. The standard InChI is InChI=1S/C10H8BrF5N4O/c1-20-8(18-3-5(11)2-17)6(4-21)7(19-20)9(12,13)10(14,15)16/h2-4,17-18H,1H3/b5-3+,17-2?. The number of anilines is 1. The zero-order chi connectivity index (χ0) is 16.4. The molecule has 0 aliphatic rings. The van der Waals surface area contributed by atoms with Crippen molar-refractivity contribution in [3.63, 3.8) is 0 Å². The van der Waals surface area contributed by atoms with Gasteiger partial charge >= 0.3 is 12.1 Å². The molecule has 116 valence electrons. The lowest BCUT2D eigenvalue weighted by molar-refractivity contribution is -0.291. The van der Waals surface area contributed by atoms with E-state index in [0.29, 0.717) is 4.68 Å². The van der Waals surface area contributed by atoms with Gasteiger partial charge in [0.05, 0.1) is 10.0 Å². The van der Waals surface area contributed by atoms with Gasteiger partial charge in [-0.15, -0.1) is 0 Å². The molecule has 0 atom stereocenters. The van der Waals surface area contributed by atoms with Crippen molar-refractivity contribution in [2.45, 2.75) is 12.1 Å². The molecule has 0 aromatic carbocycles. The van der Waals surface area contributed by atoms with E-state index in [2.05, 4.69) is 26.3 Å². The number of alkyl halides is 5. The summed E-state index contributed by atoms with van der Waals surface area (Å²) in [4.78, 5) is 10.9. The maximum atomic E-state index is 13.3. The van der Waals surface area contributed by atoms with Crippen molar-refractivity contribution in [3.8, 4) is 0 Å². The number of carbonyl (C=O) groups excluding carboxylic acids is 1. The lowest BCUT2D eigenvalue weighted by Gasteiger charge is -2.17. The Bertz CT molecular complexity index is 593. The van der Waals surface area contributed by atoms with Crippen LogP contribution < -0.4 is 5.32 Å². The van der Waals surface area contributed by atoms with Crippen LogP contribution in [0.15, 0.2) is 10.7 Å². The van der Waals surface area contributed by atoms with Gasteiger partial charge in [-0.1, -0.05) is 0 Å². The highest BCUT2D eigenvalue weighted by molar-refractivity contribution is 9.12. The Labute approximate surface area is 123 Å². The van der Waals surface area contributed by atoms with Crippen LogP contribution in [0.3, 0.4) is 0 Å². The fraction of sp³-hybridized carbons (Fsp3) is 0.300. The molecule has 0 bridgehead atoms. The van der Waals surface area contributed by atoms with Crippen LogP contribution in [0, 0.1) is 5.41 Å². The van der Waals surface area contributed by atoms with Crippen molar-refractivity contribution in [2.24, 2.45) is 7.05 Å². The Kier molecular flexibility index (Phi) is 4.87. The number of allylic oxidation sites excluding steroid dienone is 1. The van der Waals surface area contributed by atoms with E-state index in [1.807, 2.05) is 0 Å². The van der Waals surface area contributed by atoms with Gasteiger partial charge in [0.25, 0.3) is 0 Å². The summed E-state index contributed by atoms with van der Waals surface area (Å²) in [5, 5.41) is 12.3. The molecule has 1 rings (SSSR count). The highest BCUT2D eigenvalue weighted by Gasteiger charge is 2.61. The van der Waals surface area contributed by atoms with Crippen molar-refractivity contribution in [2.75, 3.05) is 5.32 Å². The summed E-state index contributed by atoms with van der Waals surface area (Å²) < 4.78 is 64.6. The molecule has 0 spiro atoms. The maximum absolute atomic E-state index is 13.3. The first-order valence-electron chi connectivity index (χ1n) is 5.16. The van der Waals surface area contributed by atoms with Crippen LogP contribution >= 0.6 is 15.9 Å². The van der Waals surface area contributed by atoms with E-state index in [-0.39, 0.29) is 16.6 Å². The third kappa shape index (κ3) is 3.28. The Balaban J connectivity index is 3.40. The van der Waals surface area contributed by atoms with Gasteiger partial charge in [0, 0.05) is 19.5 Å². The largest absolute Gasteiger partial charge is 0.459 e. The highest BCUT2D eigenvalue weighted by Crippen LogP contribution is 2.45.